The van der Waals surface area contributed by atoms with Crippen LogP contribution in [0, 0.1) is 11.3 Å². The molecule has 1 aliphatic heterocycles. The number of ether oxygens (including phenoxy) is 1. The molecule has 144 valence electrons. The first-order valence-electron chi connectivity index (χ1n) is 9.63. The second kappa shape index (κ2) is 8.10. The Morgan fingerprint density at radius 2 is 1.96 bits per heavy atom. The predicted molar refractivity (Wildman–Crippen MR) is 101 cm³/mol. The number of hydrogen-bond acceptors (Lipinski definition) is 4. The normalized spacial score (nSPS) is 21.7. The van der Waals surface area contributed by atoms with Gasteiger partial charge in [0.1, 0.15) is 5.60 Å². The van der Waals surface area contributed by atoms with Gasteiger partial charge in [0.25, 0.3) is 11.8 Å². The molecule has 1 aromatic rings. The first-order valence-corrected chi connectivity index (χ1v) is 9.63. The van der Waals surface area contributed by atoms with E-state index in [0.717, 1.165) is 31.2 Å². The minimum Gasteiger partial charge on any atom is -0.368 e. The number of piperazine rings is 1. The van der Waals surface area contributed by atoms with Gasteiger partial charge in [-0.25, -0.2) is 0 Å². The summed E-state index contributed by atoms with van der Waals surface area (Å²) < 4.78 is 5.63. The molecule has 2 aliphatic rings. The van der Waals surface area contributed by atoms with Gasteiger partial charge >= 0.3 is 0 Å². The van der Waals surface area contributed by atoms with E-state index in [1.807, 2.05) is 34.9 Å². The summed E-state index contributed by atoms with van der Waals surface area (Å²) in [5, 5.41) is 9.00. The van der Waals surface area contributed by atoms with Crippen LogP contribution in [0.4, 0.5) is 0 Å². The smallest absolute Gasteiger partial charge is 0.254 e. The van der Waals surface area contributed by atoms with Crippen molar-refractivity contribution >= 4 is 11.8 Å². The number of benzene rings is 1. The Hall–Kier alpha value is -2.39. The van der Waals surface area contributed by atoms with Crippen molar-refractivity contribution in [2.24, 2.45) is 0 Å². The first kappa shape index (κ1) is 19.4. The number of nitriles is 1. The number of amides is 2. The summed E-state index contributed by atoms with van der Waals surface area (Å²) in [4.78, 5) is 29.8. The molecule has 1 atom stereocenters. The van der Waals surface area contributed by atoms with Crippen LogP contribution in [0.25, 0.3) is 0 Å². The van der Waals surface area contributed by atoms with E-state index in [1.54, 1.807) is 13.2 Å². The highest BCUT2D eigenvalue weighted by Crippen LogP contribution is 2.35. The van der Waals surface area contributed by atoms with Crippen LogP contribution in [-0.4, -0.2) is 60.0 Å². The van der Waals surface area contributed by atoms with Gasteiger partial charge in [-0.05, 0) is 44.2 Å². The summed E-state index contributed by atoms with van der Waals surface area (Å²) in [7, 11) is 1.62. The molecule has 2 amide bonds. The molecule has 6 heteroatoms. The van der Waals surface area contributed by atoms with E-state index in [0.29, 0.717) is 25.2 Å². The third-order valence-corrected chi connectivity index (χ3v) is 5.88. The molecule has 1 aromatic carbocycles. The second-order valence-electron chi connectivity index (χ2n) is 7.50. The van der Waals surface area contributed by atoms with Gasteiger partial charge in [-0.2, -0.15) is 5.26 Å². The average Bonchev–Trinajstić information content (AvgIpc) is 3.18. The Kier molecular flexibility index (Phi) is 5.81. The molecule has 0 unspecified atom stereocenters. The average molecular weight is 369 g/mol. The largest absolute Gasteiger partial charge is 0.368 e. The van der Waals surface area contributed by atoms with E-state index < -0.39 is 5.60 Å². The van der Waals surface area contributed by atoms with Gasteiger partial charge in [0.05, 0.1) is 12.5 Å². The molecular formula is C21H27N3O3. The monoisotopic (exact) mass is 369 g/mol. The van der Waals surface area contributed by atoms with Gasteiger partial charge in [0.15, 0.2) is 0 Å². The summed E-state index contributed by atoms with van der Waals surface area (Å²) in [5.41, 5.74) is 0.653. The van der Waals surface area contributed by atoms with Crippen LogP contribution < -0.4 is 0 Å². The van der Waals surface area contributed by atoms with E-state index in [9.17, 15) is 9.59 Å². The molecule has 3 rings (SSSR count). The van der Waals surface area contributed by atoms with Crippen molar-refractivity contribution < 1.29 is 14.3 Å². The minimum atomic E-state index is -0.675. The quantitative estimate of drug-likeness (QED) is 0.817. The third kappa shape index (κ3) is 3.70. The molecule has 0 spiro atoms. The maximum atomic E-state index is 13.0. The fraction of sp³-hybridized carbons (Fsp3) is 0.571. The number of carbonyl (C=O) groups is 2. The van der Waals surface area contributed by atoms with Gasteiger partial charge in [-0.15, -0.1) is 0 Å². The summed E-state index contributed by atoms with van der Waals surface area (Å²) in [6.45, 7) is 3.49. The molecule has 27 heavy (non-hydrogen) atoms. The summed E-state index contributed by atoms with van der Waals surface area (Å²) in [6, 6.07) is 9.30. The van der Waals surface area contributed by atoms with E-state index in [4.69, 9.17) is 10.00 Å². The minimum absolute atomic E-state index is 0.0614. The van der Waals surface area contributed by atoms with Crippen molar-refractivity contribution in [3.8, 4) is 6.07 Å². The Balaban J connectivity index is 1.71. The summed E-state index contributed by atoms with van der Waals surface area (Å²) in [5.74, 6) is -0.00546. The Morgan fingerprint density at radius 3 is 2.59 bits per heavy atom. The van der Waals surface area contributed by atoms with E-state index in [1.165, 1.54) is 0 Å². The van der Waals surface area contributed by atoms with Crippen LogP contribution in [-0.2, 0) is 16.0 Å². The highest BCUT2D eigenvalue weighted by atomic mass is 16.5. The molecule has 0 bridgehead atoms. The van der Waals surface area contributed by atoms with E-state index in [2.05, 4.69) is 6.07 Å². The van der Waals surface area contributed by atoms with E-state index >= 15 is 0 Å². The lowest BCUT2D eigenvalue weighted by Crippen LogP contribution is -2.59. The number of nitrogens with zero attached hydrogens (tertiary/aromatic N) is 3. The van der Waals surface area contributed by atoms with Crippen molar-refractivity contribution in [2.75, 3.05) is 26.7 Å². The maximum absolute atomic E-state index is 13.0. The summed E-state index contributed by atoms with van der Waals surface area (Å²) in [6.07, 6.45) is 3.80. The lowest BCUT2D eigenvalue weighted by Gasteiger charge is -2.43. The van der Waals surface area contributed by atoms with Gasteiger partial charge in [0, 0.05) is 38.3 Å². The van der Waals surface area contributed by atoms with Crippen molar-refractivity contribution in [3.63, 3.8) is 0 Å². The van der Waals surface area contributed by atoms with Crippen molar-refractivity contribution in [1.82, 2.24) is 9.80 Å². The van der Waals surface area contributed by atoms with Crippen LogP contribution >= 0.6 is 0 Å². The van der Waals surface area contributed by atoms with Crippen LogP contribution in [0.1, 0.15) is 48.5 Å². The molecule has 0 N–H and O–H groups in total. The zero-order valence-electron chi connectivity index (χ0n) is 16.1. The lowest BCUT2D eigenvalue weighted by molar-refractivity contribution is -0.156. The Morgan fingerprint density at radius 1 is 1.26 bits per heavy atom. The molecule has 1 heterocycles. The molecule has 1 saturated carbocycles. The number of rotatable bonds is 4. The van der Waals surface area contributed by atoms with Crippen molar-refractivity contribution in [1.29, 1.82) is 5.26 Å². The molecule has 6 nitrogen and oxygen atoms in total. The Bertz CT molecular complexity index is 749. The summed E-state index contributed by atoms with van der Waals surface area (Å²) >= 11 is 0. The SMILES string of the molecule is COC1(C(=O)N2CCN(C(=O)c3ccccc3CC#N)[C@@H](C)C2)CCCC1. The van der Waals surface area contributed by atoms with Gasteiger partial charge in [0.2, 0.25) is 0 Å². The van der Waals surface area contributed by atoms with Crippen LogP contribution in [0.3, 0.4) is 0 Å². The van der Waals surface area contributed by atoms with Gasteiger partial charge in [-0.1, -0.05) is 18.2 Å². The van der Waals surface area contributed by atoms with Crippen molar-refractivity contribution in [2.45, 2.75) is 50.7 Å². The topological polar surface area (TPSA) is 73.6 Å². The van der Waals surface area contributed by atoms with Gasteiger partial charge in [-0.3, -0.25) is 9.59 Å². The molecule has 1 saturated heterocycles. The predicted octanol–water partition coefficient (Wildman–Crippen LogP) is 2.38. The highest BCUT2D eigenvalue weighted by molar-refractivity contribution is 5.96. The molecular weight excluding hydrogens is 342 g/mol. The zero-order chi connectivity index (χ0) is 19.4. The van der Waals surface area contributed by atoms with Crippen LogP contribution in [0.5, 0.6) is 0 Å². The third-order valence-electron chi connectivity index (χ3n) is 5.88. The molecule has 0 aromatic heterocycles. The molecule has 1 aliphatic carbocycles. The van der Waals surface area contributed by atoms with Gasteiger partial charge < -0.3 is 14.5 Å². The fourth-order valence-corrected chi connectivity index (χ4v) is 4.31. The second-order valence-corrected chi connectivity index (χ2v) is 7.50. The Labute approximate surface area is 160 Å². The first-order chi connectivity index (χ1) is 13.0. The van der Waals surface area contributed by atoms with Crippen molar-refractivity contribution in [3.05, 3.63) is 35.4 Å². The maximum Gasteiger partial charge on any atom is 0.254 e. The fourth-order valence-electron chi connectivity index (χ4n) is 4.31. The lowest BCUT2D eigenvalue weighted by atomic mass is 9.98. The van der Waals surface area contributed by atoms with Crippen LogP contribution in [0.15, 0.2) is 24.3 Å². The number of methoxy groups -OCH3 is 1. The molecule has 2 fully saturated rings. The van der Waals surface area contributed by atoms with E-state index in [-0.39, 0.29) is 24.3 Å². The number of hydrogen-bond donors (Lipinski definition) is 0. The highest BCUT2D eigenvalue weighted by Gasteiger charge is 2.45. The van der Waals surface area contributed by atoms with Crippen LogP contribution in [0.2, 0.25) is 0 Å². The molecule has 0 radical (unpaired) electrons. The standard InChI is InChI=1S/C21H27N3O3/c1-16-15-23(20(26)21(27-2)10-5-6-11-21)13-14-24(16)19(25)18-8-4-3-7-17(18)9-12-22/h3-4,7-8,16H,5-6,9-11,13-15H2,1-2H3/t16-/m0/s1. The number of carbonyl (C=O) groups excluding carboxylic acids is 2. The zero-order valence-corrected chi connectivity index (χ0v) is 16.1.